The van der Waals surface area contributed by atoms with E-state index in [-0.39, 0.29) is 26.5 Å². The van der Waals surface area contributed by atoms with Gasteiger partial charge in [-0.1, -0.05) is 37.3 Å². The molecule has 0 spiro atoms. The molecule has 0 radical (unpaired) electrons. The fourth-order valence-corrected chi connectivity index (χ4v) is 3.41. The minimum Gasteiger partial charge on any atom is -0.569 e. The fraction of sp³-hybridized carbons (Fsp3) is 0.400. The van der Waals surface area contributed by atoms with Crippen LogP contribution in [-0.4, -0.2) is 43.1 Å². The topological polar surface area (TPSA) is 67.1 Å². The first-order chi connectivity index (χ1) is 10.6. The Morgan fingerprint density at radius 1 is 1.30 bits per heavy atom. The van der Waals surface area contributed by atoms with E-state index in [0.717, 1.165) is 25.3 Å². The van der Waals surface area contributed by atoms with Crippen molar-refractivity contribution in [3.8, 4) is 0 Å². The number of benzene rings is 1. The molecule has 0 bridgehead atoms. The van der Waals surface area contributed by atoms with E-state index in [2.05, 4.69) is 75.0 Å². The smallest absolute Gasteiger partial charge is 0.569 e. The zero-order chi connectivity index (χ0) is 16.2. The van der Waals surface area contributed by atoms with E-state index in [1.165, 1.54) is 10.1 Å². The monoisotopic (exact) mass is 503 g/mol. The van der Waals surface area contributed by atoms with Gasteiger partial charge < -0.3 is 10.0 Å². The maximum atomic E-state index is 6.75. The standard InChI is InChI=1S/C14H19N5P.CH3O.W/c1-11-10-18(2)9-8-14(11,12-6-4-3-5-7-12)13-15-17-19(20)16-13;1-2;/h3-7,11H,2,8-10,20H2,1H3;2H,1H2;/q2*-1;+2. The predicted octanol–water partition coefficient (Wildman–Crippen LogP) is 1.88. The second kappa shape index (κ2) is 8.98. The Morgan fingerprint density at radius 3 is 2.48 bits per heavy atom. The first-order valence-corrected chi connectivity index (χ1v) is 7.63. The van der Waals surface area contributed by atoms with Crippen molar-refractivity contribution in [3.05, 3.63) is 55.9 Å². The van der Waals surface area contributed by atoms with Crippen LogP contribution in [0.4, 0.5) is 0 Å². The summed E-state index contributed by atoms with van der Waals surface area (Å²) in [5, 5.41) is 19.5. The van der Waals surface area contributed by atoms with Gasteiger partial charge in [0.2, 0.25) is 0 Å². The SMILES string of the molecule is [CH2-]N1CCC(c2ccccc2)(c2nnn(P)n2)C(C)C1.[CH2-]O.[W+2]. The molecule has 8 heteroatoms. The summed E-state index contributed by atoms with van der Waals surface area (Å²) >= 11 is 0. The van der Waals surface area contributed by atoms with Crippen molar-refractivity contribution in [3.63, 3.8) is 0 Å². The largest absolute Gasteiger partial charge is 2.00 e. The molecule has 3 atom stereocenters. The number of aromatic nitrogens is 4. The van der Waals surface area contributed by atoms with Crippen LogP contribution >= 0.6 is 9.39 Å². The Hall–Kier alpha value is -0.672. The summed E-state index contributed by atoms with van der Waals surface area (Å²) in [4.78, 5) is 2.12. The minimum absolute atomic E-state index is 0. The van der Waals surface area contributed by atoms with Crippen LogP contribution in [0.3, 0.4) is 0 Å². The van der Waals surface area contributed by atoms with E-state index in [1.54, 1.807) is 0 Å². The summed E-state index contributed by atoms with van der Waals surface area (Å²) in [6.45, 7) is 4.11. The summed E-state index contributed by atoms with van der Waals surface area (Å²) in [6.07, 6.45) is 0.956. The van der Waals surface area contributed by atoms with Crippen LogP contribution in [0, 0.1) is 20.1 Å². The molecule has 2 heterocycles. The summed E-state index contributed by atoms with van der Waals surface area (Å²) in [5.74, 6) is 1.18. The van der Waals surface area contributed by atoms with Crippen LogP contribution < -0.4 is 0 Å². The van der Waals surface area contributed by atoms with Crippen LogP contribution in [-0.2, 0) is 26.5 Å². The van der Waals surface area contributed by atoms with Gasteiger partial charge in [-0.05, 0) is 36.2 Å². The number of piperidine rings is 1. The molecule has 1 aliphatic rings. The van der Waals surface area contributed by atoms with Gasteiger partial charge in [0.15, 0.2) is 5.82 Å². The maximum absolute atomic E-state index is 6.75. The molecule has 1 saturated heterocycles. The third-order valence-electron chi connectivity index (χ3n) is 4.31. The molecule has 1 aliphatic heterocycles. The molecular formula is C15H22N5OPW. The van der Waals surface area contributed by atoms with Gasteiger partial charge in [-0.25, -0.2) is 7.11 Å². The molecule has 0 saturated carbocycles. The minimum atomic E-state index is -0.176. The van der Waals surface area contributed by atoms with Gasteiger partial charge in [0.25, 0.3) is 0 Å². The molecule has 23 heavy (non-hydrogen) atoms. The molecule has 1 aromatic heterocycles. The number of nitrogens with zero attached hydrogens (tertiary/aromatic N) is 5. The van der Waals surface area contributed by atoms with Crippen LogP contribution in [0.15, 0.2) is 30.3 Å². The van der Waals surface area contributed by atoms with Gasteiger partial charge >= 0.3 is 21.1 Å². The predicted molar refractivity (Wildman–Crippen MR) is 88.2 cm³/mol. The zero-order valence-corrected chi connectivity index (χ0v) is 17.3. The van der Waals surface area contributed by atoms with Crippen molar-refractivity contribution in [1.82, 2.24) is 24.9 Å². The van der Waals surface area contributed by atoms with Crippen LogP contribution in [0.2, 0.25) is 0 Å². The summed E-state index contributed by atoms with van der Waals surface area (Å²) in [7, 11) is 8.77. The quantitative estimate of drug-likeness (QED) is 0.501. The van der Waals surface area contributed by atoms with Gasteiger partial charge in [-0.3, -0.25) is 7.05 Å². The second-order valence-electron chi connectivity index (χ2n) is 5.50. The second-order valence-corrected chi connectivity index (χ2v) is 5.96. The average molecular weight is 503 g/mol. The number of rotatable bonds is 2. The van der Waals surface area contributed by atoms with E-state index in [9.17, 15) is 0 Å². The Bertz CT molecular complexity index is 597. The van der Waals surface area contributed by atoms with Gasteiger partial charge in [0, 0.05) is 9.39 Å². The normalized spacial score (nSPS) is 24.3. The maximum Gasteiger partial charge on any atom is 2.00 e. The Morgan fingerprint density at radius 2 is 1.96 bits per heavy atom. The molecule has 0 amide bonds. The molecule has 0 aliphatic carbocycles. The molecule has 1 fully saturated rings. The number of aliphatic hydroxyl groups excluding tert-OH is 1. The van der Waals surface area contributed by atoms with Gasteiger partial charge in [0.1, 0.15) is 0 Å². The summed E-state index contributed by atoms with van der Waals surface area (Å²) in [6, 6.07) is 10.5. The number of tetrazole rings is 1. The van der Waals surface area contributed by atoms with E-state index < -0.39 is 0 Å². The molecule has 6 nitrogen and oxygen atoms in total. The zero-order valence-electron chi connectivity index (χ0n) is 13.2. The molecule has 2 aromatic rings. The first-order valence-electron chi connectivity index (χ1n) is 7.11. The summed E-state index contributed by atoms with van der Waals surface area (Å²) < 4.78 is 1.46. The van der Waals surface area contributed by atoms with Crippen molar-refractivity contribution in [1.29, 1.82) is 0 Å². The number of hydrogen-bond acceptors (Lipinski definition) is 5. The Labute approximate surface area is 154 Å². The van der Waals surface area contributed by atoms with Crippen molar-refractivity contribution in [2.24, 2.45) is 5.92 Å². The van der Waals surface area contributed by atoms with Crippen LogP contribution in [0.5, 0.6) is 0 Å². The fourth-order valence-electron chi connectivity index (χ4n) is 3.24. The van der Waals surface area contributed by atoms with Crippen molar-refractivity contribution in [2.75, 3.05) is 13.1 Å². The van der Waals surface area contributed by atoms with Crippen molar-refractivity contribution >= 4 is 9.39 Å². The Kier molecular flexibility index (Phi) is 7.95. The van der Waals surface area contributed by atoms with Crippen molar-refractivity contribution < 1.29 is 26.2 Å². The van der Waals surface area contributed by atoms with Gasteiger partial charge in [-0.2, -0.15) is 4.57 Å². The third kappa shape index (κ3) is 4.05. The van der Waals surface area contributed by atoms with E-state index in [0.29, 0.717) is 5.92 Å². The van der Waals surface area contributed by atoms with Crippen LogP contribution in [0.25, 0.3) is 0 Å². The first kappa shape index (κ1) is 20.4. The summed E-state index contributed by atoms with van der Waals surface area (Å²) in [5.41, 5.74) is 1.09. The van der Waals surface area contributed by atoms with E-state index in [4.69, 9.17) is 5.11 Å². The molecule has 1 aromatic carbocycles. The van der Waals surface area contributed by atoms with Gasteiger partial charge in [0.05, 0.1) is 5.41 Å². The van der Waals surface area contributed by atoms with Gasteiger partial charge in [-0.15, -0.1) is 10.2 Å². The van der Waals surface area contributed by atoms with Crippen molar-refractivity contribution in [2.45, 2.75) is 18.8 Å². The van der Waals surface area contributed by atoms with Crippen LogP contribution in [0.1, 0.15) is 24.7 Å². The molecule has 1 N–H and O–H groups in total. The molecular weight excluding hydrogens is 481 g/mol. The number of likely N-dealkylation sites (tertiary alicyclic amines) is 1. The average Bonchev–Trinajstić information content (AvgIpc) is 2.97. The molecule has 3 rings (SSSR count). The third-order valence-corrected chi connectivity index (χ3v) is 4.53. The Balaban J connectivity index is 0.000000849. The number of hydrogen-bond donors (Lipinski definition) is 1. The molecule has 124 valence electrons. The number of aliphatic hydroxyl groups is 1. The van der Waals surface area contributed by atoms with E-state index in [1.807, 2.05) is 6.07 Å². The molecule has 3 unspecified atom stereocenters. The van der Waals surface area contributed by atoms with E-state index >= 15 is 0 Å².